The lowest BCUT2D eigenvalue weighted by atomic mass is 10.00. The molecule has 2 atom stereocenters. The maximum atomic E-state index is 14.1. The molecule has 0 radical (unpaired) electrons. The van der Waals surface area contributed by atoms with Crippen molar-refractivity contribution in [2.24, 2.45) is 5.92 Å². The zero-order valence-corrected chi connectivity index (χ0v) is 21.9. The Bertz CT molecular complexity index is 1170. The van der Waals surface area contributed by atoms with Gasteiger partial charge < -0.3 is 15.2 Å². The zero-order chi connectivity index (χ0) is 28.6. The number of ketones is 1. The highest BCUT2D eigenvalue weighted by Gasteiger charge is 2.28. The molecule has 3 aliphatic rings. The van der Waals surface area contributed by atoms with E-state index in [1.54, 1.807) is 29.3 Å². The van der Waals surface area contributed by atoms with Crippen LogP contribution in [0.3, 0.4) is 0 Å². The van der Waals surface area contributed by atoms with Crippen LogP contribution in [0.25, 0.3) is 5.70 Å². The first-order valence-corrected chi connectivity index (χ1v) is 12.7. The third-order valence-corrected chi connectivity index (χ3v) is 6.02. The molecular formula is C28H33F4N3O4. The van der Waals surface area contributed by atoms with Crippen molar-refractivity contribution in [1.82, 2.24) is 15.8 Å². The smallest absolute Gasteiger partial charge is 0.411 e. The summed E-state index contributed by atoms with van der Waals surface area (Å²) in [5.41, 5.74) is 5.44. The predicted molar refractivity (Wildman–Crippen MR) is 138 cm³/mol. The monoisotopic (exact) mass is 551 g/mol. The SMILES string of the molecule is CC1C=C(c2cc(F)cc(COCC(F)(F)F)c2)N(C2=CC=C(O)CC=C2)N1.CCCC(=O)C1CNC(=O)C1. The molecule has 3 N–H and O–H groups in total. The molecule has 1 saturated heterocycles. The quantitative estimate of drug-likeness (QED) is 0.384. The summed E-state index contributed by atoms with van der Waals surface area (Å²) >= 11 is 0. The van der Waals surface area contributed by atoms with Gasteiger partial charge in [-0.2, -0.15) is 13.2 Å². The van der Waals surface area contributed by atoms with Gasteiger partial charge in [0.1, 0.15) is 18.2 Å². The number of allylic oxidation sites excluding steroid dienone is 4. The Morgan fingerprint density at radius 2 is 2.00 bits per heavy atom. The van der Waals surface area contributed by atoms with Crippen molar-refractivity contribution in [2.45, 2.75) is 58.4 Å². The van der Waals surface area contributed by atoms with Gasteiger partial charge in [0.25, 0.3) is 0 Å². The summed E-state index contributed by atoms with van der Waals surface area (Å²) in [5.74, 6) is -0.141. The van der Waals surface area contributed by atoms with Gasteiger partial charge in [0.2, 0.25) is 5.91 Å². The van der Waals surface area contributed by atoms with Gasteiger partial charge in [-0.15, -0.1) is 0 Å². The van der Waals surface area contributed by atoms with E-state index in [2.05, 4.69) is 15.5 Å². The number of aliphatic hydroxyl groups excluding tert-OH is 1. The van der Waals surface area contributed by atoms with Crippen molar-refractivity contribution >= 4 is 17.4 Å². The Morgan fingerprint density at radius 3 is 2.67 bits per heavy atom. The maximum absolute atomic E-state index is 14.1. The number of Topliss-reactive ketones (excluding diaryl/α,β-unsaturated/α-hetero) is 1. The molecule has 0 bridgehead atoms. The van der Waals surface area contributed by atoms with Gasteiger partial charge in [0.15, 0.2) is 0 Å². The number of amides is 1. The summed E-state index contributed by atoms with van der Waals surface area (Å²) in [7, 11) is 0. The van der Waals surface area contributed by atoms with E-state index in [0.717, 1.165) is 18.2 Å². The van der Waals surface area contributed by atoms with Crippen LogP contribution < -0.4 is 10.7 Å². The fourth-order valence-electron chi connectivity index (χ4n) is 4.26. The largest absolute Gasteiger partial charge is 0.512 e. The number of halogens is 4. The summed E-state index contributed by atoms with van der Waals surface area (Å²) in [6, 6.07) is 4.03. The van der Waals surface area contributed by atoms with Gasteiger partial charge in [-0.05, 0) is 61.4 Å². The van der Waals surface area contributed by atoms with E-state index < -0.39 is 18.6 Å². The second-order valence-electron chi connectivity index (χ2n) is 9.54. The van der Waals surface area contributed by atoms with Gasteiger partial charge in [0, 0.05) is 43.3 Å². The van der Waals surface area contributed by atoms with Crippen LogP contribution in [0.5, 0.6) is 0 Å². The topological polar surface area (TPSA) is 90.9 Å². The van der Waals surface area contributed by atoms with Crippen molar-refractivity contribution in [2.75, 3.05) is 13.2 Å². The summed E-state index contributed by atoms with van der Waals surface area (Å²) in [4.78, 5) is 21.9. The normalized spacial score (nSPS) is 20.9. The van der Waals surface area contributed by atoms with Crippen molar-refractivity contribution in [3.63, 3.8) is 0 Å². The van der Waals surface area contributed by atoms with Gasteiger partial charge in [0.05, 0.1) is 23.8 Å². The van der Waals surface area contributed by atoms with E-state index >= 15 is 0 Å². The fraction of sp³-hybridized carbons (Fsp3) is 0.429. The number of ether oxygens (including phenoxy) is 1. The van der Waals surface area contributed by atoms with Gasteiger partial charge >= 0.3 is 6.18 Å². The summed E-state index contributed by atoms with van der Waals surface area (Å²) in [6.07, 6.45) is 6.69. The lowest BCUT2D eigenvalue weighted by Gasteiger charge is -2.25. The average molecular weight is 552 g/mol. The highest BCUT2D eigenvalue weighted by atomic mass is 19.4. The van der Waals surface area contributed by atoms with Crippen LogP contribution in [-0.2, 0) is 20.9 Å². The standard InChI is InChI=1S/C20H20F4N2O2.C8H13NO2/c1-13-7-19(26(25-13)17-3-2-4-18(27)6-5-17)15-8-14(9-16(21)10-15)11-28-12-20(22,23)24;1-2-3-7(10)6-4-8(11)9-5-6/h2-3,5-10,13,25,27H,4,11-12H2,1H3;6H,2-5H2,1H3,(H,9,11). The maximum Gasteiger partial charge on any atom is 0.411 e. The van der Waals surface area contributed by atoms with Crippen LogP contribution >= 0.6 is 0 Å². The molecule has 4 rings (SSSR count). The average Bonchev–Trinajstić information content (AvgIpc) is 3.39. The number of nitrogens with one attached hydrogen (secondary N) is 2. The van der Waals surface area contributed by atoms with Crippen LogP contribution in [-0.4, -0.2) is 47.2 Å². The molecule has 2 aliphatic heterocycles. The minimum absolute atomic E-state index is 0.0134. The number of carbonyl (C=O) groups is 2. The third-order valence-electron chi connectivity index (χ3n) is 6.02. The summed E-state index contributed by atoms with van der Waals surface area (Å²) in [6.45, 7) is 2.71. The number of benzene rings is 1. The first-order valence-electron chi connectivity index (χ1n) is 12.7. The van der Waals surface area contributed by atoms with Crippen LogP contribution in [0.4, 0.5) is 17.6 Å². The van der Waals surface area contributed by atoms with Crippen molar-refractivity contribution < 1.29 is 37.0 Å². The number of rotatable bonds is 8. The minimum atomic E-state index is -4.43. The van der Waals surface area contributed by atoms with E-state index in [0.29, 0.717) is 42.6 Å². The fourth-order valence-corrected chi connectivity index (χ4v) is 4.26. The number of hydrazine groups is 1. The lowest BCUT2D eigenvalue weighted by Crippen LogP contribution is -2.34. The van der Waals surface area contributed by atoms with Gasteiger partial charge in [-0.25, -0.2) is 9.82 Å². The molecular weight excluding hydrogens is 518 g/mol. The molecule has 1 aromatic carbocycles. The molecule has 39 heavy (non-hydrogen) atoms. The molecule has 0 spiro atoms. The third kappa shape index (κ3) is 9.36. The molecule has 1 amide bonds. The van der Waals surface area contributed by atoms with Crippen LogP contribution in [0, 0.1) is 11.7 Å². The predicted octanol–water partition coefficient (Wildman–Crippen LogP) is 5.23. The molecule has 1 fully saturated rings. The molecule has 11 heteroatoms. The number of aliphatic hydroxyl groups is 1. The van der Waals surface area contributed by atoms with Crippen LogP contribution in [0.2, 0.25) is 0 Å². The van der Waals surface area contributed by atoms with Crippen LogP contribution in [0.1, 0.15) is 50.7 Å². The Labute approximate surface area is 224 Å². The van der Waals surface area contributed by atoms with Crippen LogP contribution in [0.15, 0.2) is 60.0 Å². The molecule has 212 valence electrons. The first kappa shape index (κ1) is 30.1. The Balaban J connectivity index is 0.000000320. The lowest BCUT2D eigenvalue weighted by molar-refractivity contribution is -0.176. The van der Waals surface area contributed by atoms with Crippen molar-refractivity contribution in [3.05, 3.63) is 77.0 Å². The summed E-state index contributed by atoms with van der Waals surface area (Å²) < 4.78 is 55.6. The molecule has 1 aromatic rings. The molecule has 2 heterocycles. The van der Waals surface area contributed by atoms with E-state index in [1.165, 1.54) is 6.07 Å². The number of alkyl halides is 3. The first-order chi connectivity index (χ1) is 18.4. The van der Waals surface area contributed by atoms with Crippen molar-refractivity contribution in [1.29, 1.82) is 0 Å². The second kappa shape index (κ2) is 13.6. The van der Waals surface area contributed by atoms with E-state index in [4.69, 9.17) is 0 Å². The zero-order valence-electron chi connectivity index (χ0n) is 21.9. The highest BCUT2D eigenvalue weighted by molar-refractivity contribution is 5.90. The molecule has 7 nitrogen and oxygen atoms in total. The Morgan fingerprint density at radius 1 is 1.23 bits per heavy atom. The molecule has 0 aromatic heterocycles. The van der Waals surface area contributed by atoms with Gasteiger partial charge in [-0.3, -0.25) is 14.6 Å². The minimum Gasteiger partial charge on any atom is -0.512 e. The van der Waals surface area contributed by atoms with Crippen molar-refractivity contribution in [3.8, 4) is 0 Å². The number of hydrogen-bond acceptors (Lipinski definition) is 6. The Hall–Kier alpha value is -3.44. The van der Waals surface area contributed by atoms with E-state index in [9.17, 15) is 32.3 Å². The van der Waals surface area contributed by atoms with Gasteiger partial charge in [-0.1, -0.05) is 13.0 Å². The van der Waals surface area contributed by atoms with E-state index in [-0.39, 0.29) is 36.0 Å². The highest BCUT2D eigenvalue weighted by Crippen LogP contribution is 2.30. The van der Waals surface area contributed by atoms with E-state index in [1.807, 2.05) is 26.0 Å². The number of carbonyl (C=O) groups excluding carboxylic acids is 2. The summed E-state index contributed by atoms with van der Waals surface area (Å²) in [5, 5.41) is 14.1. The Kier molecular flexibility index (Phi) is 10.5. The molecule has 2 unspecified atom stereocenters. The number of hydrogen-bond donors (Lipinski definition) is 3. The number of nitrogens with zero attached hydrogens (tertiary/aromatic N) is 1. The molecule has 1 aliphatic carbocycles. The molecule has 0 saturated carbocycles. The second-order valence-corrected chi connectivity index (χ2v) is 9.54.